The van der Waals surface area contributed by atoms with Gasteiger partial charge in [0, 0.05) is 7.05 Å². The quantitative estimate of drug-likeness (QED) is 0.874. The van der Waals surface area contributed by atoms with Crippen LogP contribution in [0.5, 0.6) is 0 Å². The van der Waals surface area contributed by atoms with Gasteiger partial charge in [0.2, 0.25) is 0 Å². The molecule has 1 unspecified atom stereocenters. The van der Waals surface area contributed by atoms with Gasteiger partial charge in [-0.2, -0.15) is 0 Å². The second-order valence-electron chi connectivity index (χ2n) is 4.82. The second-order valence-corrected chi connectivity index (χ2v) is 4.82. The Morgan fingerprint density at radius 3 is 2.55 bits per heavy atom. The molecule has 3 amide bonds. The Balaban J connectivity index is 2.35. The molecule has 0 aliphatic heterocycles. The number of aromatic nitrogens is 2. The van der Waals surface area contributed by atoms with Crippen LogP contribution in [0, 0.1) is 13.8 Å². The molecule has 20 heavy (non-hydrogen) atoms. The minimum atomic E-state index is -0.515. The Bertz CT molecular complexity index is 675. The van der Waals surface area contributed by atoms with Gasteiger partial charge in [0.25, 0.3) is 5.91 Å². The van der Waals surface area contributed by atoms with E-state index in [1.807, 2.05) is 26.0 Å². The van der Waals surface area contributed by atoms with Crippen LogP contribution in [0.2, 0.25) is 0 Å². The molecule has 1 aromatic carbocycles. The molecule has 2 rings (SSSR count). The Hall–Kier alpha value is -2.37. The van der Waals surface area contributed by atoms with E-state index < -0.39 is 12.1 Å². The molecule has 6 nitrogen and oxygen atoms in total. The fourth-order valence-corrected chi connectivity index (χ4v) is 2.00. The molecule has 0 radical (unpaired) electrons. The normalized spacial score (nSPS) is 12.2. The van der Waals surface area contributed by atoms with Crippen molar-refractivity contribution in [2.24, 2.45) is 0 Å². The highest BCUT2D eigenvalue weighted by molar-refractivity contribution is 5.96. The van der Waals surface area contributed by atoms with E-state index in [9.17, 15) is 9.59 Å². The third kappa shape index (κ3) is 2.49. The first-order valence-electron chi connectivity index (χ1n) is 6.40. The molecule has 2 N–H and O–H groups in total. The molecule has 2 aromatic rings. The smallest absolute Gasteiger partial charge is 0.321 e. The molecule has 1 aromatic heterocycles. The average molecular weight is 274 g/mol. The molecule has 106 valence electrons. The van der Waals surface area contributed by atoms with Crippen LogP contribution in [0.15, 0.2) is 18.5 Å². The summed E-state index contributed by atoms with van der Waals surface area (Å²) in [7, 11) is 1.46. The maximum Gasteiger partial charge on any atom is 0.321 e. The number of fused-ring (bicyclic) bond motifs is 1. The van der Waals surface area contributed by atoms with Crippen molar-refractivity contribution in [2.75, 3.05) is 7.05 Å². The molecular formula is C14H18N4O2. The minimum Gasteiger partial charge on any atom is -0.341 e. The van der Waals surface area contributed by atoms with Crippen LogP contribution < -0.4 is 10.6 Å². The number of hydrogen-bond donors (Lipinski definition) is 2. The number of rotatable bonds is 2. The summed E-state index contributed by atoms with van der Waals surface area (Å²) in [6, 6.07) is 2.96. The number of imidazole rings is 1. The first kappa shape index (κ1) is 14.0. The first-order valence-corrected chi connectivity index (χ1v) is 6.40. The van der Waals surface area contributed by atoms with Gasteiger partial charge in [-0.1, -0.05) is 0 Å². The molecule has 1 atom stereocenters. The van der Waals surface area contributed by atoms with Crippen molar-refractivity contribution in [1.29, 1.82) is 0 Å². The number of hydrogen-bond acceptors (Lipinski definition) is 3. The molecule has 6 heteroatoms. The number of carbonyl (C=O) groups excluding carboxylic acids is 2. The van der Waals surface area contributed by atoms with Crippen LogP contribution in [-0.2, 0) is 4.79 Å². The van der Waals surface area contributed by atoms with Crippen molar-refractivity contribution in [3.63, 3.8) is 0 Å². The predicted molar refractivity (Wildman–Crippen MR) is 76.5 cm³/mol. The maximum atomic E-state index is 12.0. The van der Waals surface area contributed by atoms with Crippen molar-refractivity contribution in [3.05, 3.63) is 29.6 Å². The summed E-state index contributed by atoms with van der Waals surface area (Å²) in [6.45, 7) is 5.77. The largest absolute Gasteiger partial charge is 0.341 e. The Labute approximate surface area is 117 Å². The fourth-order valence-electron chi connectivity index (χ4n) is 2.00. The summed E-state index contributed by atoms with van der Waals surface area (Å²) in [5, 5.41) is 4.62. The summed E-state index contributed by atoms with van der Waals surface area (Å²) in [6.07, 6.45) is 1.62. The molecule has 0 spiro atoms. The van der Waals surface area contributed by atoms with Gasteiger partial charge < -0.3 is 9.88 Å². The summed E-state index contributed by atoms with van der Waals surface area (Å²) in [5.74, 6) is -0.373. The zero-order chi connectivity index (χ0) is 14.9. The van der Waals surface area contributed by atoms with Crippen LogP contribution >= 0.6 is 0 Å². The van der Waals surface area contributed by atoms with Crippen LogP contribution in [0.1, 0.15) is 24.1 Å². The third-order valence-corrected chi connectivity index (χ3v) is 3.45. The predicted octanol–water partition coefficient (Wildman–Crippen LogP) is 1.67. The monoisotopic (exact) mass is 274 g/mol. The highest BCUT2D eigenvalue weighted by atomic mass is 16.2. The van der Waals surface area contributed by atoms with E-state index in [4.69, 9.17) is 0 Å². The fraction of sp³-hybridized carbons (Fsp3) is 0.357. The van der Waals surface area contributed by atoms with Crippen molar-refractivity contribution in [3.8, 4) is 0 Å². The third-order valence-electron chi connectivity index (χ3n) is 3.45. The van der Waals surface area contributed by atoms with E-state index in [2.05, 4.69) is 15.6 Å². The zero-order valence-corrected chi connectivity index (χ0v) is 12.0. The highest BCUT2D eigenvalue weighted by Gasteiger charge is 2.19. The lowest BCUT2D eigenvalue weighted by molar-refractivity contribution is -0.122. The van der Waals surface area contributed by atoms with Crippen LogP contribution in [0.3, 0.4) is 0 Å². The Morgan fingerprint density at radius 2 is 1.90 bits per heavy atom. The van der Waals surface area contributed by atoms with Crippen LogP contribution in [0.4, 0.5) is 4.79 Å². The van der Waals surface area contributed by atoms with Crippen molar-refractivity contribution in [2.45, 2.75) is 26.8 Å². The number of benzene rings is 1. The molecule has 0 aliphatic carbocycles. The Kier molecular flexibility index (Phi) is 3.74. The van der Waals surface area contributed by atoms with E-state index in [1.165, 1.54) is 7.05 Å². The van der Waals surface area contributed by atoms with Crippen LogP contribution in [-0.4, -0.2) is 28.5 Å². The van der Waals surface area contributed by atoms with Gasteiger partial charge in [0.1, 0.15) is 6.04 Å². The number of nitrogens with zero attached hydrogens (tertiary/aromatic N) is 2. The number of imide groups is 1. The molecule has 0 bridgehead atoms. The van der Waals surface area contributed by atoms with Gasteiger partial charge in [-0.25, -0.2) is 9.78 Å². The molecule has 0 saturated heterocycles. The Morgan fingerprint density at radius 1 is 1.25 bits per heavy atom. The summed E-state index contributed by atoms with van der Waals surface area (Å²) >= 11 is 0. The SMILES string of the molecule is CNC(=O)NC(=O)C(C)n1cnc2cc(C)c(C)cc21. The number of amides is 3. The molecule has 1 heterocycles. The van der Waals surface area contributed by atoms with Gasteiger partial charge in [0.15, 0.2) is 0 Å². The van der Waals surface area contributed by atoms with E-state index in [1.54, 1.807) is 17.8 Å². The molecule has 0 fully saturated rings. The molecule has 0 saturated carbocycles. The van der Waals surface area contributed by atoms with Crippen molar-refractivity contribution >= 4 is 23.0 Å². The van der Waals surface area contributed by atoms with E-state index in [-0.39, 0.29) is 5.91 Å². The summed E-state index contributed by atoms with van der Waals surface area (Å²) in [5.41, 5.74) is 4.02. The lowest BCUT2D eigenvalue weighted by Gasteiger charge is -2.14. The number of aryl methyl sites for hydroxylation is 2. The van der Waals surface area contributed by atoms with Gasteiger partial charge >= 0.3 is 6.03 Å². The average Bonchev–Trinajstić information content (AvgIpc) is 2.81. The maximum absolute atomic E-state index is 12.0. The second kappa shape index (κ2) is 5.32. The van der Waals surface area contributed by atoms with Crippen molar-refractivity contribution in [1.82, 2.24) is 20.2 Å². The molecular weight excluding hydrogens is 256 g/mol. The van der Waals surface area contributed by atoms with Crippen molar-refractivity contribution < 1.29 is 9.59 Å². The minimum absolute atomic E-state index is 0.373. The summed E-state index contributed by atoms with van der Waals surface area (Å²) in [4.78, 5) is 27.5. The topological polar surface area (TPSA) is 76.0 Å². The van der Waals surface area contributed by atoms with E-state index in [0.29, 0.717) is 0 Å². The van der Waals surface area contributed by atoms with E-state index >= 15 is 0 Å². The summed E-state index contributed by atoms with van der Waals surface area (Å²) < 4.78 is 1.76. The van der Waals surface area contributed by atoms with E-state index in [0.717, 1.165) is 22.2 Å². The number of urea groups is 1. The number of nitrogens with one attached hydrogen (secondary N) is 2. The zero-order valence-electron chi connectivity index (χ0n) is 12.0. The first-order chi connectivity index (χ1) is 9.43. The number of carbonyl (C=O) groups is 2. The van der Waals surface area contributed by atoms with Gasteiger partial charge in [0.05, 0.1) is 17.4 Å². The van der Waals surface area contributed by atoms with Gasteiger partial charge in [-0.3, -0.25) is 10.1 Å². The highest BCUT2D eigenvalue weighted by Crippen LogP contribution is 2.21. The lowest BCUT2D eigenvalue weighted by Crippen LogP contribution is -2.40. The van der Waals surface area contributed by atoms with Gasteiger partial charge in [-0.05, 0) is 44.0 Å². The lowest BCUT2D eigenvalue weighted by atomic mass is 10.1. The molecule has 0 aliphatic rings. The standard InChI is InChI=1S/C14H18N4O2/c1-8-5-11-12(6-9(8)2)18(7-16-11)10(3)13(19)17-14(20)15-4/h5-7,10H,1-4H3,(H2,15,17,19,20). The van der Waals surface area contributed by atoms with Crippen LogP contribution in [0.25, 0.3) is 11.0 Å². The van der Waals surface area contributed by atoms with Gasteiger partial charge in [-0.15, -0.1) is 0 Å².